The maximum atomic E-state index is 13.7. The summed E-state index contributed by atoms with van der Waals surface area (Å²) in [6.07, 6.45) is 1.62. The van der Waals surface area contributed by atoms with Crippen LogP contribution in [0.5, 0.6) is 0 Å². The first-order valence-corrected chi connectivity index (χ1v) is 6.02. The van der Waals surface area contributed by atoms with E-state index < -0.39 is 5.82 Å². The molecule has 0 bridgehead atoms. The summed E-state index contributed by atoms with van der Waals surface area (Å²) < 4.78 is 16.3. The molecule has 0 saturated heterocycles. The van der Waals surface area contributed by atoms with E-state index in [1.165, 1.54) is 21.2 Å². The molecule has 0 amide bonds. The van der Waals surface area contributed by atoms with Crippen molar-refractivity contribution in [2.75, 3.05) is 0 Å². The zero-order valence-corrected chi connectivity index (χ0v) is 10.5. The molecule has 6 heteroatoms. The Kier molecular flexibility index (Phi) is 2.83. The lowest BCUT2D eigenvalue weighted by atomic mass is 10.2. The molecule has 0 unspecified atom stereocenters. The van der Waals surface area contributed by atoms with Crippen LogP contribution in [0.3, 0.4) is 0 Å². The van der Waals surface area contributed by atoms with E-state index >= 15 is 0 Å². The van der Waals surface area contributed by atoms with E-state index in [-0.39, 0.29) is 22.8 Å². The molecule has 19 heavy (non-hydrogen) atoms. The third-order valence-corrected chi connectivity index (χ3v) is 3.21. The second kappa shape index (κ2) is 4.51. The third kappa shape index (κ3) is 2.02. The number of halogens is 2. The van der Waals surface area contributed by atoms with Gasteiger partial charge in [0.2, 0.25) is 0 Å². The van der Waals surface area contributed by atoms with Gasteiger partial charge < -0.3 is 0 Å². The number of hydrogen-bond donors (Lipinski definition) is 0. The molecule has 0 fully saturated rings. The van der Waals surface area contributed by atoms with Crippen molar-refractivity contribution < 1.29 is 4.39 Å². The zero-order chi connectivity index (χ0) is 13.4. The predicted molar refractivity (Wildman–Crippen MR) is 70.0 cm³/mol. The highest BCUT2D eigenvalue weighted by atomic mass is 35.5. The Morgan fingerprint density at radius 1 is 1.21 bits per heavy atom. The van der Waals surface area contributed by atoms with E-state index in [9.17, 15) is 9.18 Å². The summed E-state index contributed by atoms with van der Waals surface area (Å²) in [5, 5.41) is 4.41. The molecule has 0 spiro atoms. The average molecular weight is 278 g/mol. The molecule has 0 aliphatic carbocycles. The van der Waals surface area contributed by atoms with Crippen molar-refractivity contribution >= 4 is 17.2 Å². The molecule has 4 nitrogen and oxygen atoms in total. The Balaban J connectivity index is 2.11. The lowest BCUT2D eigenvalue weighted by Crippen LogP contribution is -2.22. The SMILES string of the molecule is O=c1n(Cc2c(F)cccc2Cl)nc2ccccn12. The molecular weight excluding hydrogens is 269 g/mol. The Morgan fingerprint density at radius 3 is 2.79 bits per heavy atom. The molecule has 2 aromatic heterocycles. The van der Waals surface area contributed by atoms with Gasteiger partial charge in [-0.15, -0.1) is 5.10 Å². The van der Waals surface area contributed by atoms with Gasteiger partial charge in [0.05, 0.1) is 6.54 Å². The van der Waals surface area contributed by atoms with Crippen LogP contribution in [0.4, 0.5) is 4.39 Å². The summed E-state index contributed by atoms with van der Waals surface area (Å²) >= 11 is 5.94. The van der Waals surface area contributed by atoms with E-state index in [1.54, 1.807) is 30.5 Å². The minimum atomic E-state index is -0.448. The number of aromatic nitrogens is 3. The van der Waals surface area contributed by atoms with E-state index in [0.717, 1.165) is 0 Å². The van der Waals surface area contributed by atoms with Gasteiger partial charge in [-0.3, -0.25) is 4.40 Å². The number of hydrogen-bond acceptors (Lipinski definition) is 2. The van der Waals surface area contributed by atoms with Gasteiger partial charge >= 0.3 is 5.69 Å². The van der Waals surface area contributed by atoms with E-state index in [2.05, 4.69) is 5.10 Å². The van der Waals surface area contributed by atoms with Crippen molar-refractivity contribution in [3.63, 3.8) is 0 Å². The van der Waals surface area contributed by atoms with Crippen molar-refractivity contribution in [3.8, 4) is 0 Å². The van der Waals surface area contributed by atoms with Crippen molar-refractivity contribution in [1.29, 1.82) is 0 Å². The van der Waals surface area contributed by atoms with E-state index in [0.29, 0.717) is 5.65 Å². The highest BCUT2D eigenvalue weighted by Crippen LogP contribution is 2.19. The van der Waals surface area contributed by atoms with Crippen LogP contribution < -0.4 is 5.69 Å². The molecule has 0 saturated carbocycles. The Hall–Kier alpha value is -2.14. The molecule has 3 rings (SSSR count). The largest absolute Gasteiger partial charge is 0.350 e. The van der Waals surface area contributed by atoms with E-state index in [1.807, 2.05) is 0 Å². The fraction of sp³-hybridized carbons (Fsp3) is 0.0769. The van der Waals surface area contributed by atoms with Crippen molar-refractivity contribution in [2.24, 2.45) is 0 Å². The van der Waals surface area contributed by atoms with Gasteiger partial charge in [0, 0.05) is 16.8 Å². The minimum Gasteiger partial charge on any atom is -0.250 e. The second-order valence-electron chi connectivity index (χ2n) is 4.07. The number of benzene rings is 1. The highest BCUT2D eigenvalue weighted by molar-refractivity contribution is 6.31. The van der Waals surface area contributed by atoms with Gasteiger partial charge in [0.15, 0.2) is 5.65 Å². The summed E-state index contributed by atoms with van der Waals surface area (Å²) in [6, 6.07) is 9.63. The molecule has 96 valence electrons. The topological polar surface area (TPSA) is 39.3 Å². The first-order valence-electron chi connectivity index (χ1n) is 5.64. The number of fused-ring (bicyclic) bond motifs is 1. The van der Waals surface area contributed by atoms with Gasteiger partial charge in [-0.05, 0) is 24.3 Å². The number of rotatable bonds is 2. The standard InChI is InChI=1S/C13H9ClFN3O/c14-10-4-3-5-11(15)9(10)8-18-13(19)17-7-2-1-6-12(17)16-18/h1-7H,8H2. The predicted octanol–water partition coefficient (Wildman–Crippen LogP) is 2.34. The fourth-order valence-corrected chi connectivity index (χ4v) is 2.13. The fourth-order valence-electron chi connectivity index (χ4n) is 1.90. The van der Waals surface area contributed by atoms with Crippen LogP contribution in [0.1, 0.15) is 5.56 Å². The molecule has 0 aliphatic heterocycles. The van der Waals surface area contributed by atoms with Gasteiger partial charge in [-0.1, -0.05) is 23.7 Å². The third-order valence-electron chi connectivity index (χ3n) is 2.86. The van der Waals surface area contributed by atoms with Crippen molar-refractivity contribution in [3.05, 3.63) is 69.5 Å². The lowest BCUT2D eigenvalue weighted by molar-refractivity contribution is 0.578. The van der Waals surface area contributed by atoms with Crippen LogP contribution in [0.15, 0.2) is 47.4 Å². The quantitative estimate of drug-likeness (QED) is 0.721. The molecule has 0 atom stereocenters. The average Bonchev–Trinajstić information content (AvgIpc) is 2.72. The van der Waals surface area contributed by atoms with Crippen LogP contribution in [0, 0.1) is 5.82 Å². The Morgan fingerprint density at radius 2 is 2.05 bits per heavy atom. The monoisotopic (exact) mass is 277 g/mol. The molecule has 1 aromatic carbocycles. The van der Waals surface area contributed by atoms with Crippen LogP contribution in [0.25, 0.3) is 5.65 Å². The van der Waals surface area contributed by atoms with Crippen LogP contribution in [-0.2, 0) is 6.54 Å². The Labute approximate surface area is 112 Å². The highest BCUT2D eigenvalue weighted by Gasteiger charge is 2.11. The number of pyridine rings is 1. The molecule has 0 aliphatic rings. The van der Waals surface area contributed by atoms with Crippen LogP contribution in [0.2, 0.25) is 5.02 Å². The molecule has 2 heterocycles. The van der Waals surface area contributed by atoms with Gasteiger partial charge in [-0.25, -0.2) is 13.9 Å². The smallest absolute Gasteiger partial charge is 0.250 e. The number of nitrogens with zero attached hydrogens (tertiary/aromatic N) is 3. The second-order valence-corrected chi connectivity index (χ2v) is 4.48. The lowest BCUT2D eigenvalue weighted by Gasteiger charge is -2.04. The van der Waals surface area contributed by atoms with E-state index in [4.69, 9.17) is 11.6 Å². The molecular formula is C13H9ClFN3O. The first-order chi connectivity index (χ1) is 9.16. The summed E-state index contributed by atoms with van der Waals surface area (Å²) in [5.41, 5.74) is 0.449. The molecule has 0 N–H and O–H groups in total. The van der Waals surface area contributed by atoms with Crippen molar-refractivity contribution in [2.45, 2.75) is 6.54 Å². The van der Waals surface area contributed by atoms with Gasteiger partial charge in [0.25, 0.3) is 0 Å². The van der Waals surface area contributed by atoms with Crippen LogP contribution in [-0.4, -0.2) is 14.2 Å². The normalized spacial score (nSPS) is 11.1. The maximum Gasteiger partial charge on any atom is 0.350 e. The summed E-state index contributed by atoms with van der Waals surface area (Å²) in [7, 11) is 0. The summed E-state index contributed by atoms with van der Waals surface area (Å²) in [4.78, 5) is 12.1. The molecule has 0 radical (unpaired) electrons. The molecule has 3 aromatic rings. The zero-order valence-electron chi connectivity index (χ0n) is 9.75. The summed E-state index contributed by atoms with van der Waals surface area (Å²) in [5.74, 6) is -0.448. The first kappa shape index (κ1) is 11.9. The minimum absolute atomic E-state index is 0.00597. The Bertz CT molecular complexity index is 789. The van der Waals surface area contributed by atoms with Crippen molar-refractivity contribution in [1.82, 2.24) is 14.2 Å². The van der Waals surface area contributed by atoms with Gasteiger partial charge in [0.1, 0.15) is 5.82 Å². The maximum absolute atomic E-state index is 13.7. The summed E-state index contributed by atoms with van der Waals surface area (Å²) in [6.45, 7) is 0.00597. The van der Waals surface area contributed by atoms with Crippen LogP contribution >= 0.6 is 11.6 Å². The van der Waals surface area contributed by atoms with Gasteiger partial charge in [-0.2, -0.15) is 0 Å².